The third-order valence-electron chi connectivity index (χ3n) is 4.36. The van der Waals surface area contributed by atoms with Gasteiger partial charge in [0.2, 0.25) is 12.1 Å². The molecule has 124 valence electrons. The second-order valence-corrected chi connectivity index (χ2v) is 6.76. The minimum Gasteiger partial charge on any atom is -1.00 e. The van der Waals surface area contributed by atoms with Crippen LogP contribution in [0.2, 0.25) is 0 Å². The van der Waals surface area contributed by atoms with Gasteiger partial charge in [0, 0.05) is 38.8 Å². The first kappa shape index (κ1) is 17.9. The predicted molar refractivity (Wildman–Crippen MR) is 89.2 cm³/mol. The molecule has 2 aromatic rings. The lowest BCUT2D eigenvalue weighted by Crippen LogP contribution is -3.00. The summed E-state index contributed by atoms with van der Waals surface area (Å²) in [5.41, 5.74) is 4.48. The van der Waals surface area contributed by atoms with Gasteiger partial charge in [0.25, 0.3) is 5.91 Å². The number of carbonyl (C=O) groups is 1. The lowest BCUT2D eigenvalue weighted by Gasteiger charge is -2.35. The highest BCUT2D eigenvalue weighted by atomic mass is 79.9. The molecule has 0 atom stereocenters. The van der Waals surface area contributed by atoms with Crippen molar-refractivity contribution in [1.29, 1.82) is 0 Å². The van der Waals surface area contributed by atoms with E-state index in [0.717, 1.165) is 26.2 Å². The molecule has 1 aliphatic rings. The van der Waals surface area contributed by atoms with Crippen LogP contribution in [0.3, 0.4) is 0 Å². The van der Waals surface area contributed by atoms with Crippen molar-refractivity contribution in [3.63, 3.8) is 0 Å². The van der Waals surface area contributed by atoms with Gasteiger partial charge in [-0.05, 0) is 19.1 Å². The molecule has 1 aromatic heterocycles. The fraction of sp³-hybridized carbons (Fsp3) is 0.412. The van der Waals surface area contributed by atoms with E-state index in [4.69, 9.17) is 0 Å². The normalized spacial score (nSPS) is 14.5. The molecule has 1 aromatic carbocycles. The molecule has 1 aliphatic heterocycles. The molecule has 0 saturated carbocycles. The van der Waals surface area contributed by atoms with Crippen molar-refractivity contribution in [2.24, 2.45) is 0 Å². The third-order valence-corrected chi connectivity index (χ3v) is 5.37. The van der Waals surface area contributed by atoms with E-state index in [1.807, 2.05) is 16.5 Å². The van der Waals surface area contributed by atoms with Crippen LogP contribution in [0.1, 0.15) is 10.6 Å². The number of para-hydroxylation sites is 1. The number of hydrogen-bond donors (Lipinski definition) is 0. The largest absolute Gasteiger partial charge is 1.00 e. The maximum atomic E-state index is 12.5. The van der Waals surface area contributed by atoms with Crippen molar-refractivity contribution in [2.45, 2.75) is 20.4 Å². The maximum absolute atomic E-state index is 12.5. The summed E-state index contributed by atoms with van der Waals surface area (Å²) in [5, 5.41) is 0. The van der Waals surface area contributed by atoms with Gasteiger partial charge in [0.05, 0.1) is 4.88 Å². The van der Waals surface area contributed by atoms with Gasteiger partial charge < -0.3 is 26.8 Å². The van der Waals surface area contributed by atoms with E-state index in [9.17, 15) is 4.79 Å². The third kappa shape index (κ3) is 4.12. The zero-order valence-corrected chi connectivity index (χ0v) is 15.9. The quantitative estimate of drug-likeness (QED) is 0.623. The zero-order valence-electron chi connectivity index (χ0n) is 13.5. The van der Waals surface area contributed by atoms with Crippen LogP contribution in [0.4, 0.5) is 5.69 Å². The first-order chi connectivity index (χ1) is 10.6. The van der Waals surface area contributed by atoms with E-state index >= 15 is 0 Å². The summed E-state index contributed by atoms with van der Waals surface area (Å²) in [7, 11) is 0. The molecule has 1 fully saturated rings. The molecule has 2 heterocycles. The Morgan fingerprint density at radius 1 is 1.13 bits per heavy atom. The molecule has 6 heteroatoms. The molecular weight excluding hydrogens is 374 g/mol. The molecule has 0 bridgehead atoms. The number of aromatic nitrogens is 1. The maximum Gasteiger partial charge on any atom is 0.288 e. The Labute approximate surface area is 152 Å². The monoisotopic (exact) mass is 395 g/mol. The van der Waals surface area contributed by atoms with Crippen LogP contribution in [-0.4, -0.2) is 37.0 Å². The minimum atomic E-state index is 0. The molecule has 3 rings (SSSR count). The predicted octanol–water partition coefficient (Wildman–Crippen LogP) is -0.995. The van der Waals surface area contributed by atoms with Crippen molar-refractivity contribution >= 4 is 22.9 Å². The molecule has 0 aliphatic carbocycles. The van der Waals surface area contributed by atoms with Crippen molar-refractivity contribution < 1.29 is 26.3 Å². The highest BCUT2D eigenvalue weighted by Gasteiger charge is 2.25. The fourth-order valence-corrected chi connectivity index (χ4v) is 3.57. The summed E-state index contributed by atoms with van der Waals surface area (Å²) in [5.74, 6) is 0.221. The Morgan fingerprint density at radius 2 is 1.78 bits per heavy atom. The topological polar surface area (TPSA) is 27.4 Å². The number of amides is 1. The van der Waals surface area contributed by atoms with Gasteiger partial charge in [0.1, 0.15) is 0 Å². The Morgan fingerprint density at radius 3 is 2.35 bits per heavy atom. The van der Waals surface area contributed by atoms with Crippen LogP contribution in [0.15, 0.2) is 35.8 Å². The molecule has 23 heavy (non-hydrogen) atoms. The van der Waals surface area contributed by atoms with Crippen LogP contribution >= 0.6 is 11.3 Å². The SMILES string of the molecule is Cc1sc[n+](CC(=O)N2CCN(c3ccccc3)CC2)c1C.[Br-]. The summed E-state index contributed by atoms with van der Waals surface area (Å²) in [4.78, 5) is 18.1. The van der Waals surface area contributed by atoms with Crippen molar-refractivity contribution in [2.75, 3.05) is 31.1 Å². The number of thiazole rings is 1. The van der Waals surface area contributed by atoms with E-state index in [1.54, 1.807) is 11.3 Å². The van der Waals surface area contributed by atoms with E-state index in [-0.39, 0.29) is 22.9 Å². The van der Waals surface area contributed by atoms with Crippen LogP contribution in [-0.2, 0) is 11.3 Å². The van der Waals surface area contributed by atoms with Gasteiger partial charge in [0.15, 0.2) is 5.69 Å². The highest BCUT2D eigenvalue weighted by molar-refractivity contribution is 7.09. The molecular formula is C17H22BrN3OS. The lowest BCUT2D eigenvalue weighted by molar-refractivity contribution is -0.686. The average Bonchev–Trinajstić information content (AvgIpc) is 2.88. The van der Waals surface area contributed by atoms with Gasteiger partial charge in [-0.25, -0.2) is 0 Å². The lowest BCUT2D eigenvalue weighted by atomic mass is 10.2. The number of anilines is 1. The van der Waals surface area contributed by atoms with Crippen LogP contribution in [0, 0.1) is 13.8 Å². The Hall–Kier alpha value is -1.40. The van der Waals surface area contributed by atoms with E-state index in [2.05, 4.69) is 47.6 Å². The number of aryl methyl sites for hydroxylation is 1. The molecule has 0 radical (unpaired) electrons. The van der Waals surface area contributed by atoms with Crippen LogP contribution in [0.25, 0.3) is 0 Å². The second kappa shape index (κ2) is 7.93. The molecule has 4 nitrogen and oxygen atoms in total. The van der Waals surface area contributed by atoms with Crippen molar-refractivity contribution in [3.8, 4) is 0 Å². The molecule has 1 saturated heterocycles. The van der Waals surface area contributed by atoms with E-state index < -0.39 is 0 Å². The number of nitrogens with zero attached hydrogens (tertiary/aromatic N) is 3. The van der Waals surface area contributed by atoms with Crippen LogP contribution < -0.4 is 26.4 Å². The number of halogens is 1. The molecule has 0 unspecified atom stereocenters. The number of piperazine rings is 1. The first-order valence-electron chi connectivity index (χ1n) is 7.67. The fourth-order valence-electron chi connectivity index (χ4n) is 2.76. The van der Waals surface area contributed by atoms with E-state index in [0.29, 0.717) is 6.54 Å². The average molecular weight is 396 g/mol. The first-order valence-corrected chi connectivity index (χ1v) is 8.55. The van der Waals surface area contributed by atoms with Crippen LogP contribution in [0.5, 0.6) is 0 Å². The van der Waals surface area contributed by atoms with Gasteiger partial charge >= 0.3 is 0 Å². The number of carbonyl (C=O) groups excluding carboxylic acids is 1. The molecule has 0 N–H and O–H groups in total. The number of hydrogen-bond acceptors (Lipinski definition) is 3. The Balaban J connectivity index is 0.00000192. The highest BCUT2D eigenvalue weighted by Crippen LogP contribution is 2.15. The van der Waals surface area contributed by atoms with Gasteiger partial charge in [-0.1, -0.05) is 29.5 Å². The zero-order chi connectivity index (χ0) is 15.5. The van der Waals surface area contributed by atoms with E-state index in [1.165, 1.54) is 16.3 Å². The number of benzene rings is 1. The van der Waals surface area contributed by atoms with Gasteiger partial charge in [-0.2, -0.15) is 4.57 Å². The Kier molecular flexibility index (Phi) is 6.18. The van der Waals surface area contributed by atoms with Crippen molar-refractivity contribution in [1.82, 2.24) is 4.90 Å². The summed E-state index contributed by atoms with van der Waals surface area (Å²) in [6.07, 6.45) is 0. The standard InChI is InChI=1S/C17H22N3OS.BrH/c1-14-15(2)22-13-20(14)12-17(21)19-10-8-18(9-11-19)16-6-4-3-5-7-16;/h3-7,13H,8-12H2,1-2H3;1H/q+1;/p-1. The van der Waals surface area contributed by atoms with Gasteiger partial charge in [-0.15, -0.1) is 0 Å². The minimum absolute atomic E-state index is 0. The summed E-state index contributed by atoms with van der Waals surface area (Å²) >= 11 is 1.70. The molecule has 0 spiro atoms. The summed E-state index contributed by atoms with van der Waals surface area (Å²) in [6, 6.07) is 10.4. The second-order valence-electron chi connectivity index (χ2n) is 5.70. The summed E-state index contributed by atoms with van der Waals surface area (Å²) in [6.45, 7) is 8.05. The summed E-state index contributed by atoms with van der Waals surface area (Å²) < 4.78 is 2.06. The smallest absolute Gasteiger partial charge is 0.288 e. The van der Waals surface area contributed by atoms with Gasteiger partial charge in [-0.3, -0.25) is 4.79 Å². The van der Waals surface area contributed by atoms with Crippen molar-refractivity contribution in [3.05, 3.63) is 46.4 Å². The molecule has 1 amide bonds. The number of rotatable bonds is 3. The Bertz CT molecular complexity index is 651.